The van der Waals surface area contributed by atoms with E-state index < -0.39 is 0 Å². The number of H-pyrrole nitrogens is 1. The maximum Gasteiger partial charge on any atom is 0.0622 e. The lowest BCUT2D eigenvalue weighted by Gasteiger charge is -2.30. The first-order chi connectivity index (χ1) is 11.7. The lowest BCUT2D eigenvalue weighted by molar-refractivity contribution is 0.252. The van der Waals surface area contributed by atoms with Crippen LogP contribution in [-0.2, 0) is 0 Å². The Balaban J connectivity index is 2.10. The third-order valence-electron chi connectivity index (χ3n) is 4.82. The Bertz CT molecular complexity index is 782. The number of nitrogens with one attached hydrogen (secondary N) is 1. The molecule has 3 aromatic rings. The molecule has 1 heterocycles. The summed E-state index contributed by atoms with van der Waals surface area (Å²) < 4.78 is 0. The van der Waals surface area contributed by atoms with Gasteiger partial charge in [-0.25, -0.2) is 0 Å². The highest BCUT2D eigenvalue weighted by atomic mass is 15.1. The molecule has 0 amide bonds. The molecule has 0 radical (unpaired) electrons. The van der Waals surface area contributed by atoms with E-state index in [1.807, 2.05) is 0 Å². The fourth-order valence-electron chi connectivity index (χ4n) is 3.45. The van der Waals surface area contributed by atoms with Gasteiger partial charge >= 0.3 is 0 Å². The molecule has 0 spiro atoms. The number of nitrogens with zero attached hydrogens (tertiary/aromatic N) is 2. The van der Waals surface area contributed by atoms with Gasteiger partial charge in [-0.2, -0.15) is 0 Å². The van der Waals surface area contributed by atoms with E-state index in [0.717, 1.165) is 13.1 Å². The van der Waals surface area contributed by atoms with Crippen LogP contribution < -0.4 is 4.90 Å². The van der Waals surface area contributed by atoms with Gasteiger partial charge in [0.1, 0.15) is 0 Å². The minimum absolute atomic E-state index is 0.271. The smallest absolute Gasteiger partial charge is 0.0622 e. The summed E-state index contributed by atoms with van der Waals surface area (Å²) >= 11 is 0. The SMILES string of the molecule is CCN(CC)C(c1ccc(N(C)C)cc1)c1c[nH]c2ccccc12. The summed E-state index contributed by atoms with van der Waals surface area (Å²) in [5.74, 6) is 0. The average Bonchev–Trinajstić information content (AvgIpc) is 3.03. The maximum atomic E-state index is 3.44. The molecule has 3 heteroatoms. The Kier molecular flexibility index (Phi) is 4.91. The lowest BCUT2D eigenvalue weighted by Crippen LogP contribution is -2.29. The Morgan fingerprint density at radius 3 is 2.21 bits per heavy atom. The van der Waals surface area contributed by atoms with E-state index in [-0.39, 0.29) is 6.04 Å². The summed E-state index contributed by atoms with van der Waals surface area (Å²) in [5.41, 5.74) is 5.13. The van der Waals surface area contributed by atoms with Gasteiger partial charge in [-0.15, -0.1) is 0 Å². The van der Waals surface area contributed by atoms with Crippen molar-refractivity contribution in [2.75, 3.05) is 32.1 Å². The lowest BCUT2D eigenvalue weighted by atomic mass is 9.96. The minimum atomic E-state index is 0.271. The zero-order valence-corrected chi connectivity index (χ0v) is 15.1. The molecule has 0 saturated heterocycles. The van der Waals surface area contributed by atoms with E-state index in [1.54, 1.807) is 0 Å². The van der Waals surface area contributed by atoms with E-state index >= 15 is 0 Å². The van der Waals surface area contributed by atoms with Crippen molar-refractivity contribution in [1.29, 1.82) is 0 Å². The van der Waals surface area contributed by atoms with E-state index in [0.29, 0.717) is 0 Å². The second-order valence-electron chi connectivity index (χ2n) is 6.40. The number of aromatic nitrogens is 1. The number of hydrogen-bond donors (Lipinski definition) is 1. The van der Waals surface area contributed by atoms with Gasteiger partial charge in [0.2, 0.25) is 0 Å². The number of benzene rings is 2. The molecule has 0 saturated carbocycles. The number of fused-ring (bicyclic) bond motifs is 1. The second kappa shape index (κ2) is 7.10. The van der Waals surface area contributed by atoms with Crippen molar-refractivity contribution in [1.82, 2.24) is 9.88 Å². The van der Waals surface area contributed by atoms with Gasteiger partial charge in [-0.3, -0.25) is 4.90 Å². The standard InChI is InChI=1S/C21H27N3/c1-5-24(6-2)21(16-11-13-17(14-12-16)23(3)4)19-15-22-20-10-8-7-9-18(19)20/h7-15,21-22H,5-6H2,1-4H3. The van der Waals surface area contributed by atoms with Crippen LogP contribution >= 0.6 is 0 Å². The van der Waals surface area contributed by atoms with E-state index in [9.17, 15) is 0 Å². The first-order valence-electron chi connectivity index (χ1n) is 8.73. The van der Waals surface area contributed by atoms with E-state index in [2.05, 4.69) is 97.5 Å². The first kappa shape index (κ1) is 16.6. The molecule has 2 aromatic carbocycles. The van der Waals surface area contributed by atoms with Crippen LogP contribution in [0.3, 0.4) is 0 Å². The van der Waals surface area contributed by atoms with Gasteiger partial charge in [0.25, 0.3) is 0 Å². The quantitative estimate of drug-likeness (QED) is 0.713. The molecule has 126 valence electrons. The van der Waals surface area contributed by atoms with Crippen molar-refractivity contribution < 1.29 is 0 Å². The number of hydrogen-bond acceptors (Lipinski definition) is 2. The number of para-hydroxylation sites is 1. The molecule has 0 fully saturated rings. The van der Waals surface area contributed by atoms with Crippen LogP contribution in [0.1, 0.15) is 31.0 Å². The van der Waals surface area contributed by atoms with Gasteiger partial charge in [-0.1, -0.05) is 44.2 Å². The van der Waals surface area contributed by atoms with Crippen molar-refractivity contribution in [3.8, 4) is 0 Å². The van der Waals surface area contributed by atoms with Crippen molar-refractivity contribution in [2.45, 2.75) is 19.9 Å². The summed E-state index contributed by atoms with van der Waals surface area (Å²) in [5, 5.41) is 1.31. The largest absolute Gasteiger partial charge is 0.378 e. The summed E-state index contributed by atoms with van der Waals surface area (Å²) in [6, 6.07) is 17.8. The predicted octanol–water partition coefficient (Wildman–Crippen LogP) is 4.67. The molecule has 0 aliphatic rings. The van der Waals surface area contributed by atoms with Crippen molar-refractivity contribution in [2.24, 2.45) is 0 Å². The summed E-state index contributed by atoms with van der Waals surface area (Å²) in [7, 11) is 4.16. The van der Waals surface area contributed by atoms with Gasteiger partial charge in [0.05, 0.1) is 6.04 Å². The molecule has 1 aromatic heterocycles. The van der Waals surface area contributed by atoms with Crippen LogP contribution in [0, 0.1) is 0 Å². The minimum Gasteiger partial charge on any atom is -0.378 e. The molecule has 3 nitrogen and oxygen atoms in total. The average molecular weight is 321 g/mol. The normalized spacial score (nSPS) is 12.7. The summed E-state index contributed by atoms with van der Waals surface area (Å²) in [4.78, 5) is 8.09. The third kappa shape index (κ3) is 3.04. The van der Waals surface area contributed by atoms with Crippen molar-refractivity contribution in [3.05, 3.63) is 65.9 Å². The van der Waals surface area contributed by atoms with Gasteiger partial charge < -0.3 is 9.88 Å². The fourth-order valence-corrected chi connectivity index (χ4v) is 3.45. The Morgan fingerprint density at radius 1 is 0.917 bits per heavy atom. The molecule has 1 atom stereocenters. The van der Waals surface area contributed by atoms with Crippen LogP contribution in [0.15, 0.2) is 54.7 Å². The topological polar surface area (TPSA) is 22.3 Å². The molecule has 1 unspecified atom stereocenters. The Hall–Kier alpha value is -2.26. The maximum absolute atomic E-state index is 3.44. The predicted molar refractivity (Wildman–Crippen MR) is 104 cm³/mol. The van der Waals surface area contributed by atoms with Crippen LogP contribution in [0.4, 0.5) is 5.69 Å². The van der Waals surface area contributed by atoms with Gasteiger partial charge in [0, 0.05) is 36.9 Å². The second-order valence-corrected chi connectivity index (χ2v) is 6.40. The highest BCUT2D eigenvalue weighted by molar-refractivity contribution is 5.84. The highest BCUT2D eigenvalue weighted by Gasteiger charge is 2.23. The van der Waals surface area contributed by atoms with Crippen molar-refractivity contribution >= 4 is 16.6 Å². The van der Waals surface area contributed by atoms with Gasteiger partial charge in [0.15, 0.2) is 0 Å². The number of aromatic amines is 1. The third-order valence-corrected chi connectivity index (χ3v) is 4.82. The summed E-state index contributed by atoms with van der Waals surface area (Å²) in [6.45, 7) is 6.52. The highest BCUT2D eigenvalue weighted by Crippen LogP contribution is 2.34. The zero-order valence-electron chi connectivity index (χ0n) is 15.1. The Morgan fingerprint density at radius 2 is 1.58 bits per heavy atom. The zero-order chi connectivity index (χ0) is 17.1. The molecular formula is C21H27N3. The monoisotopic (exact) mass is 321 g/mol. The van der Waals surface area contributed by atoms with Gasteiger partial charge in [-0.05, 0) is 42.4 Å². The molecular weight excluding hydrogens is 294 g/mol. The number of anilines is 1. The van der Waals surface area contributed by atoms with Crippen LogP contribution in [0.2, 0.25) is 0 Å². The molecule has 3 rings (SSSR count). The van der Waals surface area contributed by atoms with Crippen molar-refractivity contribution in [3.63, 3.8) is 0 Å². The molecule has 1 N–H and O–H groups in total. The molecule has 0 aliphatic carbocycles. The van der Waals surface area contributed by atoms with E-state index in [1.165, 1.54) is 27.7 Å². The summed E-state index contributed by atoms with van der Waals surface area (Å²) in [6.07, 6.45) is 2.17. The fraction of sp³-hybridized carbons (Fsp3) is 0.333. The molecule has 0 aliphatic heterocycles. The first-order valence-corrected chi connectivity index (χ1v) is 8.73. The van der Waals surface area contributed by atoms with Crippen LogP contribution in [-0.4, -0.2) is 37.1 Å². The van der Waals surface area contributed by atoms with E-state index in [4.69, 9.17) is 0 Å². The Labute approximate surface area is 144 Å². The van der Waals surface area contributed by atoms with Crippen LogP contribution in [0.5, 0.6) is 0 Å². The molecule has 24 heavy (non-hydrogen) atoms. The van der Waals surface area contributed by atoms with Crippen LogP contribution in [0.25, 0.3) is 10.9 Å². The number of rotatable bonds is 6. The molecule has 0 bridgehead atoms.